The number of aryl methyl sites for hydroxylation is 1. The first kappa shape index (κ1) is 9.86. The van der Waals surface area contributed by atoms with Crippen molar-refractivity contribution in [3.63, 3.8) is 0 Å². The second-order valence-electron chi connectivity index (χ2n) is 3.58. The Labute approximate surface area is 88.0 Å². The molecule has 0 aliphatic rings. The van der Waals surface area contributed by atoms with Crippen LogP contribution in [0, 0.1) is 6.92 Å². The fraction of sp³-hybridized carbons (Fsp3) is 0.273. The molecule has 0 saturated heterocycles. The third-order valence-corrected chi connectivity index (χ3v) is 2.26. The maximum atomic E-state index is 9.82. The lowest BCUT2D eigenvalue weighted by Crippen LogP contribution is -2.04. The highest BCUT2D eigenvalue weighted by Gasteiger charge is 2.10. The molecule has 1 unspecified atom stereocenters. The number of H-pyrrole nitrogens is 1. The van der Waals surface area contributed by atoms with Crippen LogP contribution < -0.4 is 0 Å². The summed E-state index contributed by atoms with van der Waals surface area (Å²) in [7, 11) is 0. The summed E-state index contributed by atoms with van der Waals surface area (Å²) < 4.78 is 0. The van der Waals surface area contributed by atoms with Gasteiger partial charge in [0.25, 0.3) is 0 Å². The van der Waals surface area contributed by atoms with E-state index < -0.39 is 6.10 Å². The topological polar surface area (TPSA) is 61.8 Å². The third-order valence-electron chi connectivity index (χ3n) is 2.26. The molecule has 0 radical (unpaired) electrons. The third kappa shape index (κ3) is 2.41. The van der Waals surface area contributed by atoms with Gasteiger partial charge in [0.1, 0.15) is 12.4 Å². The van der Waals surface area contributed by atoms with Crippen LogP contribution in [0.15, 0.2) is 30.6 Å². The number of hydrogen-bond donors (Lipinski definition) is 2. The highest BCUT2D eigenvalue weighted by Crippen LogP contribution is 2.14. The Balaban J connectivity index is 2.09. The van der Waals surface area contributed by atoms with Crippen LogP contribution in [0.25, 0.3) is 0 Å². The highest BCUT2D eigenvalue weighted by atomic mass is 16.3. The molecule has 78 valence electrons. The monoisotopic (exact) mass is 203 g/mol. The van der Waals surface area contributed by atoms with Crippen LogP contribution in [0.3, 0.4) is 0 Å². The number of aliphatic hydroxyl groups is 1. The van der Waals surface area contributed by atoms with Gasteiger partial charge in [0.15, 0.2) is 5.82 Å². The van der Waals surface area contributed by atoms with Gasteiger partial charge in [-0.2, -0.15) is 5.10 Å². The molecule has 0 amide bonds. The summed E-state index contributed by atoms with van der Waals surface area (Å²) >= 11 is 0. The van der Waals surface area contributed by atoms with E-state index in [0.29, 0.717) is 12.2 Å². The van der Waals surface area contributed by atoms with E-state index in [0.717, 1.165) is 5.56 Å². The molecular formula is C11H13N3O. The molecule has 0 fully saturated rings. The standard InChI is InChI=1S/C11H13N3O/c1-8-3-2-4-9(5-8)6-10(15)11-12-7-13-14-11/h2-5,7,10,15H,6H2,1H3,(H,12,13,14). The fourth-order valence-electron chi connectivity index (χ4n) is 1.53. The van der Waals surface area contributed by atoms with Gasteiger partial charge in [-0.15, -0.1) is 0 Å². The summed E-state index contributed by atoms with van der Waals surface area (Å²) in [5, 5.41) is 16.2. The number of aromatic amines is 1. The molecule has 0 saturated carbocycles. The summed E-state index contributed by atoms with van der Waals surface area (Å²) in [4.78, 5) is 3.92. The first-order valence-corrected chi connectivity index (χ1v) is 4.84. The SMILES string of the molecule is Cc1cccc(CC(O)c2ncn[nH]2)c1. The van der Waals surface area contributed by atoms with Gasteiger partial charge < -0.3 is 5.11 Å². The molecule has 1 aromatic carbocycles. The van der Waals surface area contributed by atoms with Gasteiger partial charge in [0.05, 0.1) is 0 Å². The summed E-state index contributed by atoms with van der Waals surface area (Å²) in [5.74, 6) is 0.511. The Bertz CT molecular complexity index is 425. The van der Waals surface area contributed by atoms with Crippen molar-refractivity contribution in [2.45, 2.75) is 19.4 Å². The Morgan fingerprint density at radius 2 is 2.33 bits per heavy atom. The fourth-order valence-corrected chi connectivity index (χ4v) is 1.53. The van der Waals surface area contributed by atoms with E-state index in [4.69, 9.17) is 0 Å². The van der Waals surface area contributed by atoms with Gasteiger partial charge in [-0.25, -0.2) is 4.98 Å². The Hall–Kier alpha value is -1.68. The molecule has 2 aromatic rings. The molecule has 0 aliphatic carbocycles. The van der Waals surface area contributed by atoms with Crippen molar-refractivity contribution < 1.29 is 5.11 Å². The molecule has 0 aliphatic heterocycles. The molecule has 0 bridgehead atoms. The van der Waals surface area contributed by atoms with Gasteiger partial charge in [-0.1, -0.05) is 29.8 Å². The van der Waals surface area contributed by atoms with Gasteiger partial charge >= 0.3 is 0 Å². The van der Waals surface area contributed by atoms with E-state index in [2.05, 4.69) is 21.2 Å². The quantitative estimate of drug-likeness (QED) is 0.792. The van der Waals surface area contributed by atoms with Crippen molar-refractivity contribution in [1.82, 2.24) is 15.2 Å². The molecular weight excluding hydrogens is 190 g/mol. The second kappa shape index (κ2) is 4.23. The highest BCUT2D eigenvalue weighted by molar-refractivity contribution is 5.23. The predicted octanol–water partition coefficient (Wildman–Crippen LogP) is 1.39. The van der Waals surface area contributed by atoms with Crippen LogP contribution in [0.2, 0.25) is 0 Å². The number of nitrogens with one attached hydrogen (secondary N) is 1. The maximum absolute atomic E-state index is 9.82. The normalized spacial score (nSPS) is 12.7. The first-order valence-electron chi connectivity index (χ1n) is 4.84. The van der Waals surface area contributed by atoms with E-state index in [1.165, 1.54) is 11.9 Å². The Kier molecular flexibility index (Phi) is 2.78. The van der Waals surface area contributed by atoms with E-state index in [-0.39, 0.29) is 0 Å². The average molecular weight is 203 g/mol. The van der Waals surface area contributed by atoms with Gasteiger partial charge in [0.2, 0.25) is 0 Å². The molecule has 4 heteroatoms. The van der Waals surface area contributed by atoms with E-state index in [9.17, 15) is 5.11 Å². The lowest BCUT2D eigenvalue weighted by atomic mass is 10.1. The van der Waals surface area contributed by atoms with Crippen molar-refractivity contribution in [3.05, 3.63) is 47.5 Å². The molecule has 15 heavy (non-hydrogen) atoms. The second-order valence-corrected chi connectivity index (χ2v) is 3.58. The van der Waals surface area contributed by atoms with Crippen LogP contribution >= 0.6 is 0 Å². The largest absolute Gasteiger partial charge is 0.385 e. The lowest BCUT2D eigenvalue weighted by Gasteiger charge is -2.07. The van der Waals surface area contributed by atoms with E-state index in [1.807, 2.05) is 25.1 Å². The number of hydrogen-bond acceptors (Lipinski definition) is 3. The summed E-state index contributed by atoms with van der Waals surface area (Å²) in [6.07, 6.45) is 1.33. The average Bonchev–Trinajstić information content (AvgIpc) is 2.70. The first-order chi connectivity index (χ1) is 7.25. The van der Waals surface area contributed by atoms with Crippen LogP contribution in [0.5, 0.6) is 0 Å². The van der Waals surface area contributed by atoms with Crippen LogP contribution in [0.4, 0.5) is 0 Å². The Morgan fingerprint density at radius 1 is 1.47 bits per heavy atom. The van der Waals surface area contributed by atoms with Gasteiger partial charge in [-0.05, 0) is 12.5 Å². The van der Waals surface area contributed by atoms with Crippen molar-refractivity contribution in [3.8, 4) is 0 Å². The van der Waals surface area contributed by atoms with E-state index >= 15 is 0 Å². The maximum Gasteiger partial charge on any atom is 0.153 e. The number of aliphatic hydroxyl groups excluding tert-OH is 1. The van der Waals surface area contributed by atoms with Crippen molar-refractivity contribution in [1.29, 1.82) is 0 Å². The zero-order valence-corrected chi connectivity index (χ0v) is 8.51. The van der Waals surface area contributed by atoms with Crippen molar-refractivity contribution in [2.75, 3.05) is 0 Å². The number of rotatable bonds is 3. The molecule has 1 atom stereocenters. The zero-order chi connectivity index (χ0) is 10.7. The molecule has 0 spiro atoms. The zero-order valence-electron chi connectivity index (χ0n) is 8.51. The van der Waals surface area contributed by atoms with Crippen molar-refractivity contribution in [2.24, 2.45) is 0 Å². The van der Waals surface area contributed by atoms with Crippen LogP contribution in [0.1, 0.15) is 23.1 Å². The molecule has 4 nitrogen and oxygen atoms in total. The van der Waals surface area contributed by atoms with Gasteiger partial charge in [-0.3, -0.25) is 5.10 Å². The van der Waals surface area contributed by atoms with E-state index in [1.54, 1.807) is 0 Å². The minimum Gasteiger partial charge on any atom is -0.385 e. The number of nitrogens with zero attached hydrogens (tertiary/aromatic N) is 2. The predicted molar refractivity (Wildman–Crippen MR) is 56.2 cm³/mol. The summed E-state index contributed by atoms with van der Waals surface area (Å²) in [6.45, 7) is 2.03. The van der Waals surface area contributed by atoms with Crippen molar-refractivity contribution >= 4 is 0 Å². The molecule has 2 N–H and O–H groups in total. The Morgan fingerprint density at radius 3 is 3.00 bits per heavy atom. The van der Waals surface area contributed by atoms with Gasteiger partial charge in [0, 0.05) is 6.42 Å². The minimum atomic E-state index is -0.616. The molecule has 1 aromatic heterocycles. The summed E-state index contributed by atoms with van der Waals surface area (Å²) in [6, 6.07) is 8.06. The molecule has 1 heterocycles. The smallest absolute Gasteiger partial charge is 0.153 e. The number of benzene rings is 1. The minimum absolute atomic E-state index is 0.511. The van der Waals surface area contributed by atoms with Crippen LogP contribution in [-0.2, 0) is 6.42 Å². The number of aromatic nitrogens is 3. The van der Waals surface area contributed by atoms with Crippen LogP contribution in [-0.4, -0.2) is 20.3 Å². The molecule has 2 rings (SSSR count). The summed E-state index contributed by atoms with van der Waals surface area (Å²) in [5.41, 5.74) is 2.29. The lowest BCUT2D eigenvalue weighted by molar-refractivity contribution is 0.169.